The first-order valence-electron chi connectivity index (χ1n) is 12.3. The Labute approximate surface area is 249 Å². The van der Waals surface area contributed by atoms with Crippen LogP contribution in [0.4, 0.5) is 0 Å². The van der Waals surface area contributed by atoms with Crippen LogP contribution in [-0.4, -0.2) is 41.0 Å². The number of carbonyl (C=O) groups is 2. The highest BCUT2D eigenvalue weighted by atomic mass is 79.9. The number of carboxylic acids is 1. The van der Waals surface area contributed by atoms with Gasteiger partial charge < -0.3 is 28.3 Å². The van der Waals surface area contributed by atoms with Gasteiger partial charge in [-0.2, -0.15) is 5.10 Å². The summed E-state index contributed by atoms with van der Waals surface area (Å²) in [7, 11) is 1.39. The number of aliphatic carboxylic acids is 1. The predicted molar refractivity (Wildman–Crippen MR) is 157 cm³/mol. The molecule has 0 aliphatic carbocycles. The lowest BCUT2D eigenvalue weighted by Crippen LogP contribution is -2.23. The molecule has 12 heteroatoms. The molecule has 0 fully saturated rings. The lowest BCUT2D eigenvalue weighted by molar-refractivity contribution is -0.144. The third-order valence-electron chi connectivity index (χ3n) is 6.02. The molecular formula is C29H27BrClN3O7. The summed E-state index contributed by atoms with van der Waals surface area (Å²) < 4.78 is 24.6. The minimum Gasteiger partial charge on any atom is -0.493 e. The summed E-state index contributed by atoms with van der Waals surface area (Å²) in [5.74, 6) is -0.298. The predicted octanol–water partition coefficient (Wildman–Crippen LogP) is 6.31. The van der Waals surface area contributed by atoms with Gasteiger partial charge in [0.2, 0.25) is 0 Å². The van der Waals surface area contributed by atoms with Crippen LogP contribution in [0.1, 0.15) is 40.2 Å². The molecule has 214 valence electrons. The molecule has 4 rings (SSSR count). The Hall–Kier alpha value is -4.22. The van der Waals surface area contributed by atoms with Gasteiger partial charge in [-0.15, -0.1) is 0 Å². The molecule has 2 aromatic carbocycles. The van der Waals surface area contributed by atoms with E-state index in [1.165, 1.54) is 32.4 Å². The molecule has 2 aromatic heterocycles. The van der Waals surface area contributed by atoms with Crippen molar-refractivity contribution < 1.29 is 33.3 Å². The maximum absolute atomic E-state index is 12.5. The fourth-order valence-electron chi connectivity index (χ4n) is 3.90. The smallest absolute Gasteiger partial charge is 0.344 e. The molecule has 1 amide bonds. The van der Waals surface area contributed by atoms with Crippen molar-refractivity contribution in [1.82, 2.24) is 9.99 Å². The Balaban J connectivity index is 1.36. The first kappa shape index (κ1) is 29.8. The number of nitrogens with one attached hydrogen (secondary N) is 1. The number of rotatable bonds is 11. The van der Waals surface area contributed by atoms with E-state index < -0.39 is 18.0 Å². The van der Waals surface area contributed by atoms with E-state index in [0.717, 1.165) is 17.1 Å². The van der Waals surface area contributed by atoms with Gasteiger partial charge in [0.1, 0.15) is 23.1 Å². The summed E-state index contributed by atoms with van der Waals surface area (Å²) in [6, 6.07) is 16.6. The van der Waals surface area contributed by atoms with E-state index in [-0.39, 0.29) is 28.9 Å². The summed E-state index contributed by atoms with van der Waals surface area (Å²) in [6.45, 7) is 5.61. The number of hydrazone groups is 1. The highest BCUT2D eigenvalue weighted by Gasteiger charge is 2.22. The fraction of sp³-hybridized carbons (Fsp3) is 0.207. The van der Waals surface area contributed by atoms with Crippen molar-refractivity contribution in [3.63, 3.8) is 0 Å². The van der Waals surface area contributed by atoms with Crippen LogP contribution in [0.25, 0.3) is 5.69 Å². The summed E-state index contributed by atoms with van der Waals surface area (Å²) in [6.07, 6.45) is 0.189. The molecule has 0 aliphatic rings. The van der Waals surface area contributed by atoms with Gasteiger partial charge in [0.05, 0.1) is 13.3 Å². The number of aromatic nitrogens is 1. The van der Waals surface area contributed by atoms with E-state index in [4.69, 9.17) is 35.3 Å². The van der Waals surface area contributed by atoms with E-state index in [1.807, 2.05) is 24.3 Å². The zero-order valence-electron chi connectivity index (χ0n) is 22.6. The Morgan fingerprint density at radius 1 is 1.15 bits per heavy atom. The van der Waals surface area contributed by atoms with Crippen molar-refractivity contribution in [3.05, 3.63) is 92.6 Å². The topological polar surface area (TPSA) is 125 Å². The SMILES string of the molecule is COc1cc(/C=N/NC(=O)c2ccc(COc3ccc(-n4c(C)ccc4C)cc3)o2)c(Br)c(Cl)c1O[C@H](C)C(=O)O. The number of furan rings is 1. The third-order valence-corrected chi connectivity index (χ3v) is 7.46. The van der Waals surface area contributed by atoms with Crippen LogP contribution < -0.4 is 19.6 Å². The number of methoxy groups -OCH3 is 1. The lowest BCUT2D eigenvalue weighted by atomic mass is 10.2. The fourth-order valence-corrected chi connectivity index (χ4v) is 4.55. The first-order valence-corrected chi connectivity index (χ1v) is 13.5. The van der Waals surface area contributed by atoms with Crippen LogP contribution in [0.2, 0.25) is 5.02 Å². The van der Waals surface area contributed by atoms with Crippen molar-refractivity contribution in [1.29, 1.82) is 0 Å². The molecule has 0 saturated heterocycles. The highest BCUT2D eigenvalue weighted by Crippen LogP contribution is 2.42. The number of hydrogen-bond acceptors (Lipinski definition) is 7. The number of nitrogens with zero attached hydrogens (tertiary/aromatic N) is 2. The van der Waals surface area contributed by atoms with Crippen LogP contribution in [-0.2, 0) is 11.4 Å². The molecule has 0 unspecified atom stereocenters. The number of aryl methyl sites for hydroxylation is 2. The number of ether oxygens (including phenoxy) is 3. The molecule has 41 heavy (non-hydrogen) atoms. The second kappa shape index (κ2) is 13.0. The Bertz CT molecular complexity index is 1580. The molecule has 2 N–H and O–H groups in total. The molecule has 10 nitrogen and oxygen atoms in total. The van der Waals surface area contributed by atoms with Crippen molar-refractivity contribution in [2.45, 2.75) is 33.5 Å². The number of amides is 1. The number of halogens is 2. The van der Waals surface area contributed by atoms with E-state index in [1.54, 1.807) is 6.07 Å². The van der Waals surface area contributed by atoms with E-state index in [9.17, 15) is 9.59 Å². The van der Waals surface area contributed by atoms with Crippen molar-refractivity contribution in [3.8, 4) is 22.9 Å². The summed E-state index contributed by atoms with van der Waals surface area (Å²) in [5.41, 5.74) is 6.17. The third kappa shape index (κ3) is 6.93. The molecular weight excluding hydrogens is 618 g/mol. The van der Waals surface area contributed by atoms with Crippen molar-refractivity contribution in [2.75, 3.05) is 7.11 Å². The zero-order chi connectivity index (χ0) is 29.7. The van der Waals surface area contributed by atoms with Crippen molar-refractivity contribution >= 4 is 45.6 Å². The Morgan fingerprint density at radius 3 is 2.46 bits per heavy atom. The quantitative estimate of drug-likeness (QED) is 0.145. The van der Waals surface area contributed by atoms with E-state index >= 15 is 0 Å². The number of carbonyl (C=O) groups excluding carboxylic acids is 1. The van der Waals surface area contributed by atoms with Gasteiger partial charge in [-0.1, -0.05) is 11.6 Å². The van der Waals surface area contributed by atoms with Crippen LogP contribution in [0.15, 0.2) is 68.6 Å². The van der Waals surface area contributed by atoms with Gasteiger partial charge in [0.15, 0.2) is 23.4 Å². The largest absolute Gasteiger partial charge is 0.493 e. The van der Waals surface area contributed by atoms with Crippen LogP contribution in [0, 0.1) is 13.8 Å². The standard InChI is InChI=1S/C29H27BrClN3O7/c1-16-5-6-17(2)34(16)20-7-9-21(10-8-20)39-15-22-11-12-23(41-22)28(35)33-32-14-19-13-24(38-4)27(26(31)25(19)30)40-18(3)29(36)37/h5-14,18H,15H2,1-4H3,(H,33,35)(H,36,37)/b32-14+/t18-/m1/s1. The number of hydrogen-bond donors (Lipinski definition) is 2. The second-order valence-corrected chi connectivity index (χ2v) is 10.1. The maximum atomic E-state index is 12.5. The summed E-state index contributed by atoms with van der Waals surface area (Å²) >= 11 is 9.71. The average molecular weight is 645 g/mol. The van der Waals surface area contributed by atoms with Gasteiger partial charge in [0, 0.05) is 27.1 Å². The van der Waals surface area contributed by atoms with E-state index in [2.05, 4.69) is 57.0 Å². The van der Waals surface area contributed by atoms with Gasteiger partial charge in [-0.25, -0.2) is 10.2 Å². The van der Waals surface area contributed by atoms with E-state index in [0.29, 0.717) is 21.5 Å². The minimum absolute atomic E-state index is 0.0516. The van der Waals surface area contributed by atoms with Crippen LogP contribution >= 0.6 is 27.5 Å². The van der Waals surface area contributed by atoms with Crippen LogP contribution in [0.5, 0.6) is 17.2 Å². The summed E-state index contributed by atoms with van der Waals surface area (Å²) in [5, 5.41) is 13.2. The first-order chi connectivity index (χ1) is 19.6. The second-order valence-electron chi connectivity index (χ2n) is 8.92. The monoisotopic (exact) mass is 643 g/mol. The molecule has 0 aliphatic heterocycles. The molecule has 1 atom stereocenters. The Morgan fingerprint density at radius 2 is 1.83 bits per heavy atom. The molecule has 0 radical (unpaired) electrons. The minimum atomic E-state index is -1.16. The van der Waals surface area contributed by atoms with Crippen molar-refractivity contribution in [2.24, 2.45) is 5.10 Å². The molecule has 0 bridgehead atoms. The average Bonchev–Trinajstić information content (AvgIpc) is 3.57. The molecule has 0 spiro atoms. The normalized spacial score (nSPS) is 11.9. The van der Waals surface area contributed by atoms with Gasteiger partial charge in [-0.05, 0) is 91.3 Å². The molecule has 4 aromatic rings. The zero-order valence-corrected chi connectivity index (χ0v) is 24.9. The van der Waals surface area contributed by atoms with Gasteiger partial charge in [0.25, 0.3) is 0 Å². The van der Waals surface area contributed by atoms with Gasteiger partial charge >= 0.3 is 11.9 Å². The highest BCUT2D eigenvalue weighted by molar-refractivity contribution is 9.10. The maximum Gasteiger partial charge on any atom is 0.344 e. The number of benzene rings is 2. The van der Waals surface area contributed by atoms with Gasteiger partial charge in [-0.3, -0.25) is 4.79 Å². The lowest BCUT2D eigenvalue weighted by Gasteiger charge is -2.17. The Kier molecular flexibility index (Phi) is 9.41. The summed E-state index contributed by atoms with van der Waals surface area (Å²) in [4.78, 5) is 23.7. The molecule has 0 saturated carbocycles. The molecule has 2 heterocycles. The van der Waals surface area contributed by atoms with Crippen LogP contribution in [0.3, 0.4) is 0 Å². The number of carboxylic acid groups (broad SMARTS) is 1.